The molecule has 0 atom stereocenters. The van der Waals surface area contributed by atoms with Crippen LogP contribution in [0.2, 0.25) is 0 Å². The van der Waals surface area contributed by atoms with E-state index in [9.17, 15) is 4.79 Å². The van der Waals surface area contributed by atoms with Crippen LogP contribution < -0.4 is 4.74 Å². The van der Waals surface area contributed by atoms with Gasteiger partial charge in [-0.2, -0.15) is 5.26 Å². The van der Waals surface area contributed by atoms with Gasteiger partial charge in [0.1, 0.15) is 24.1 Å². The fourth-order valence-electron chi connectivity index (χ4n) is 1.69. The number of ketones is 1. The Morgan fingerprint density at radius 2 is 2.20 bits per heavy atom. The van der Waals surface area contributed by atoms with Gasteiger partial charge in [-0.15, -0.1) is 0 Å². The normalized spacial score (nSPS) is 9.85. The molecule has 100 valence electrons. The predicted molar refractivity (Wildman–Crippen MR) is 77.4 cm³/mol. The van der Waals surface area contributed by atoms with Crippen LogP contribution in [0.15, 0.2) is 41.0 Å². The lowest BCUT2D eigenvalue weighted by Crippen LogP contribution is -2.02. The molecule has 0 saturated heterocycles. The van der Waals surface area contributed by atoms with Crippen molar-refractivity contribution in [1.29, 1.82) is 5.26 Å². The first kappa shape index (κ1) is 14.2. The number of halogens is 1. The van der Waals surface area contributed by atoms with Gasteiger partial charge in [-0.05, 0) is 42.8 Å². The van der Waals surface area contributed by atoms with Gasteiger partial charge in [0.15, 0.2) is 5.78 Å². The van der Waals surface area contributed by atoms with Gasteiger partial charge in [0, 0.05) is 10.7 Å². The average Bonchev–Trinajstić information content (AvgIpc) is 2.46. The van der Waals surface area contributed by atoms with Gasteiger partial charge in [0.25, 0.3) is 0 Å². The number of Topliss-reactive ketones (excluding diaryl/α,β-unsaturated/α-hetero) is 1. The van der Waals surface area contributed by atoms with Crippen molar-refractivity contribution < 1.29 is 9.53 Å². The molecule has 0 N–H and O–H groups in total. The Morgan fingerprint density at radius 3 is 2.90 bits per heavy atom. The van der Waals surface area contributed by atoms with E-state index in [-0.39, 0.29) is 12.4 Å². The predicted octanol–water partition coefficient (Wildman–Crippen LogP) is 3.50. The lowest BCUT2D eigenvalue weighted by atomic mass is 10.1. The van der Waals surface area contributed by atoms with Crippen molar-refractivity contribution in [2.45, 2.75) is 13.5 Å². The number of hydrogen-bond acceptors (Lipinski definition) is 4. The van der Waals surface area contributed by atoms with Crippen molar-refractivity contribution in [3.8, 4) is 11.8 Å². The summed E-state index contributed by atoms with van der Waals surface area (Å²) in [4.78, 5) is 15.5. The first-order valence-corrected chi connectivity index (χ1v) is 6.68. The number of nitriles is 1. The fraction of sp³-hybridized carbons (Fsp3) is 0.133. The minimum atomic E-state index is -0.0613. The molecule has 0 aliphatic rings. The fourth-order valence-corrected chi connectivity index (χ4v) is 2.05. The molecule has 4 nitrogen and oxygen atoms in total. The maximum atomic E-state index is 11.6. The molecule has 0 bridgehead atoms. The molecular formula is C15H11BrN2O2. The zero-order valence-corrected chi connectivity index (χ0v) is 12.3. The third-order valence-corrected chi connectivity index (χ3v) is 3.15. The summed E-state index contributed by atoms with van der Waals surface area (Å²) < 4.78 is 6.48. The molecule has 20 heavy (non-hydrogen) atoms. The van der Waals surface area contributed by atoms with Crippen LogP contribution in [0.4, 0.5) is 0 Å². The SMILES string of the molecule is CC(=O)c1cc(Br)ccc1OCc1ccnc(C#N)c1. The molecule has 1 aromatic heterocycles. The quantitative estimate of drug-likeness (QED) is 0.805. The smallest absolute Gasteiger partial charge is 0.163 e. The highest BCUT2D eigenvalue weighted by atomic mass is 79.9. The van der Waals surface area contributed by atoms with Crippen LogP contribution in [-0.2, 0) is 6.61 Å². The highest BCUT2D eigenvalue weighted by Crippen LogP contribution is 2.24. The van der Waals surface area contributed by atoms with Crippen LogP contribution in [0.5, 0.6) is 5.75 Å². The first-order valence-electron chi connectivity index (χ1n) is 5.88. The van der Waals surface area contributed by atoms with E-state index in [1.807, 2.05) is 12.1 Å². The number of pyridine rings is 1. The Balaban J connectivity index is 2.19. The summed E-state index contributed by atoms with van der Waals surface area (Å²) >= 11 is 3.33. The molecule has 0 fully saturated rings. The van der Waals surface area contributed by atoms with Crippen molar-refractivity contribution in [3.63, 3.8) is 0 Å². The summed E-state index contributed by atoms with van der Waals surface area (Å²) in [6.07, 6.45) is 1.56. The van der Waals surface area contributed by atoms with Crippen LogP contribution in [0.1, 0.15) is 28.5 Å². The number of benzene rings is 1. The van der Waals surface area contributed by atoms with E-state index in [1.54, 1.807) is 30.5 Å². The number of rotatable bonds is 4. The number of aromatic nitrogens is 1. The summed E-state index contributed by atoms with van der Waals surface area (Å²) in [7, 11) is 0. The van der Waals surface area contributed by atoms with Crippen molar-refractivity contribution >= 4 is 21.7 Å². The lowest BCUT2D eigenvalue weighted by Gasteiger charge is -2.10. The minimum absolute atomic E-state index is 0.0613. The van der Waals surface area contributed by atoms with E-state index in [1.165, 1.54) is 6.92 Å². The molecule has 0 unspecified atom stereocenters. The van der Waals surface area contributed by atoms with Gasteiger partial charge in [-0.1, -0.05) is 15.9 Å². The minimum Gasteiger partial charge on any atom is -0.488 e. The average molecular weight is 331 g/mol. The summed E-state index contributed by atoms with van der Waals surface area (Å²) in [5, 5.41) is 8.79. The van der Waals surface area contributed by atoms with E-state index in [2.05, 4.69) is 20.9 Å². The molecule has 2 aromatic rings. The van der Waals surface area contributed by atoms with E-state index in [0.717, 1.165) is 10.0 Å². The molecule has 1 heterocycles. The molecular weight excluding hydrogens is 320 g/mol. The number of hydrogen-bond donors (Lipinski definition) is 0. The van der Waals surface area contributed by atoms with Crippen LogP contribution in [-0.4, -0.2) is 10.8 Å². The Kier molecular flexibility index (Phi) is 4.49. The second-order valence-corrected chi connectivity index (χ2v) is 5.06. The van der Waals surface area contributed by atoms with Crippen LogP contribution in [0.25, 0.3) is 0 Å². The molecule has 0 aliphatic heterocycles. The Labute approximate surface area is 125 Å². The monoisotopic (exact) mass is 330 g/mol. The van der Waals surface area contributed by atoms with Crippen molar-refractivity contribution in [3.05, 3.63) is 57.8 Å². The Hall–Kier alpha value is -2.19. The number of carbonyl (C=O) groups is 1. The molecule has 0 amide bonds. The van der Waals surface area contributed by atoms with E-state index in [0.29, 0.717) is 17.0 Å². The van der Waals surface area contributed by atoms with E-state index < -0.39 is 0 Å². The maximum absolute atomic E-state index is 11.6. The maximum Gasteiger partial charge on any atom is 0.163 e. The largest absolute Gasteiger partial charge is 0.488 e. The number of nitrogens with zero attached hydrogens (tertiary/aromatic N) is 2. The topological polar surface area (TPSA) is 63.0 Å². The molecule has 0 spiro atoms. The second-order valence-electron chi connectivity index (χ2n) is 4.15. The Morgan fingerprint density at radius 1 is 1.40 bits per heavy atom. The highest BCUT2D eigenvalue weighted by Gasteiger charge is 2.09. The third-order valence-electron chi connectivity index (χ3n) is 2.65. The van der Waals surface area contributed by atoms with Gasteiger partial charge >= 0.3 is 0 Å². The summed E-state index contributed by atoms with van der Waals surface area (Å²) in [5.74, 6) is 0.463. The van der Waals surface area contributed by atoms with Crippen LogP contribution in [0.3, 0.4) is 0 Å². The summed E-state index contributed by atoms with van der Waals surface area (Å²) in [6.45, 7) is 1.77. The molecule has 2 rings (SSSR count). The summed E-state index contributed by atoms with van der Waals surface area (Å²) in [5.41, 5.74) is 1.69. The van der Waals surface area contributed by atoms with Crippen molar-refractivity contribution in [1.82, 2.24) is 4.98 Å². The standard InChI is InChI=1S/C15H11BrN2O2/c1-10(19)14-7-12(16)2-3-15(14)20-9-11-4-5-18-13(6-11)8-17/h2-7H,9H2,1H3. The van der Waals surface area contributed by atoms with Gasteiger partial charge in [0.05, 0.1) is 5.56 Å². The van der Waals surface area contributed by atoms with Crippen LogP contribution >= 0.6 is 15.9 Å². The van der Waals surface area contributed by atoms with E-state index in [4.69, 9.17) is 10.00 Å². The molecule has 0 aliphatic carbocycles. The van der Waals surface area contributed by atoms with Gasteiger partial charge < -0.3 is 4.74 Å². The number of ether oxygens (including phenoxy) is 1. The second kappa shape index (κ2) is 6.31. The van der Waals surface area contributed by atoms with Gasteiger partial charge in [-0.25, -0.2) is 4.98 Å². The van der Waals surface area contributed by atoms with Gasteiger partial charge in [0.2, 0.25) is 0 Å². The zero-order chi connectivity index (χ0) is 14.5. The van der Waals surface area contributed by atoms with E-state index >= 15 is 0 Å². The molecule has 1 aromatic carbocycles. The molecule has 0 saturated carbocycles. The highest BCUT2D eigenvalue weighted by molar-refractivity contribution is 9.10. The Bertz CT molecular complexity index is 693. The van der Waals surface area contributed by atoms with Crippen LogP contribution in [0, 0.1) is 11.3 Å². The first-order chi connectivity index (χ1) is 9.60. The van der Waals surface area contributed by atoms with Crippen molar-refractivity contribution in [2.75, 3.05) is 0 Å². The van der Waals surface area contributed by atoms with Crippen molar-refractivity contribution in [2.24, 2.45) is 0 Å². The third kappa shape index (κ3) is 3.43. The molecule has 5 heteroatoms. The van der Waals surface area contributed by atoms with Gasteiger partial charge in [-0.3, -0.25) is 4.79 Å². The molecule has 0 radical (unpaired) electrons. The lowest BCUT2D eigenvalue weighted by molar-refractivity contribution is 0.101. The summed E-state index contributed by atoms with van der Waals surface area (Å²) in [6, 6.07) is 10.7. The number of carbonyl (C=O) groups excluding carboxylic acids is 1. The zero-order valence-electron chi connectivity index (χ0n) is 10.8.